The molecule has 0 aromatic heterocycles. The molecule has 164 valence electrons. The summed E-state index contributed by atoms with van der Waals surface area (Å²) in [4.78, 5) is 35.9. The van der Waals surface area contributed by atoms with Crippen LogP contribution in [0.4, 0.5) is 16.2 Å². The van der Waals surface area contributed by atoms with Gasteiger partial charge in [-0.3, -0.25) is 9.59 Å². The highest BCUT2D eigenvalue weighted by molar-refractivity contribution is 6.02. The SMILES string of the molecule is Cc1ccccc1/C=C/C(=O)Nc1cccc(NC(=O)CCNC(=O)OC(C)(C)C)c1. The van der Waals surface area contributed by atoms with E-state index < -0.39 is 11.7 Å². The first-order valence-corrected chi connectivity index (χ1v) is 10.0. The van der Waals surface area contributed by atoms with Crippen molar-refractivity contribution < 1.29 is 19.1 Å². The summed E-state index contributed by atoms with van der Waals surface area (Å²) in [6.07, 6.45) is 2.75. The number of carbonyl (C=O) groups is 3. The van der Waals surface area contributed by atoms with Gasteiger partial charge in [-0.2, -0.15) is 0 Å². The molecule has 2 aromatic rings. The molecule has 0 heterocycles. The van der Waals surface area contributed by atoms with Gasteiger partial charge in [-0.1, -0.05) is 30.3 Å². The van der Waals surface area contributed by atoms with E-state index in [9.17, 15) is 14.4 Å². The van der Waals surface area contributed by atoms with Gasteiger partial charge in [-0.25, -0.2) is 4.79 Å². The standard InChI is InChI=1S/C24H29N3O4/c1-17-8-5-6-9-18(17)12-13-21(28)26-19-10-7-11-20(16-19)27-22(29)14-15-25-23(30)31-24(2,3)4/h5-13,16H,14-15H2,1-4H3,(H,25,30)(H,26,28)(H,27,29)/b13-12+. The number of nitrogens with one attached hydrogen (secondary N) is 3. The highest BCUT2D eigenvalue weighted by Gasteiger charge is 2.15. The van der Waals surface area contributed by atoms with E-state index in [1.807, 2.05) is 31.2 Å². The smallest absolute Gasteiger partial charge is 0.407 e. The van der Waals surface area contributed by atoms with Gasteiger partial charge in [0.15, 0.2) is 0 Å². The Kier molecular flexibility index (Phi) is 8.37. The predicted octanol–water partition coefficient (Wildman–Crippen LogP) is 4.50. The maximum Gasteiger partial charge on any atom is 0.407 e. The number of aryl methyl sites for hydroxylation is 1. The van der Waals surface area contributed by atoms with Crippen molar-refractivity contribution in [2.75, 3.05) is 17.2 Å². The van der Waals surface area contributed by atoms with Crippen molar-refractivity contribution in [3.63, 3.8) is 0 Å². The number of hydrogen-bond donors (Lipinski definition) is 3. The van der Waals surface area contributed by atoms with Crippen molar-refractivity contribution >= 4 is 35.4 Å². The molecule has 0 radical (unpaired) electrons. The third-order valence-electron chi connectivity index (χ3n) is 4.04. The number of ether oxygens (including phenoxy) is 1. The van der Waals surface area contributed by atoms with Crippen molar-refractivity contribution in [1.82, 2.24) is 5.32 Å². The lowest BCUT2D eigenvalue weighted by molar-refractivity contribution is -0.116. The minimum Gasteiger partial charge on any atom is -0.444 e. The molecule has 0 fully saturated rings. The van der Waals surface area contributed by atoms with Gasteiger partial charge < -0.3 is 20.7 Å². The third-order valence-corrected chi connectivity index (χ3v) is 4.04. The van der Waals surface area contributed by atoms with Crippen LogP contribution >= 0.6 is 0 Å². The van der Waals surface area contributed by atoms with Crippen LogP contribution in [0.2, 0.25) is 0 Å². The summed E-state index contributed by atoms with van der Waals surface area (Å²) in [6, 6.07) is 14.6. The lowest BCUT2D eigenvalue weighted by atomic mass is 10.1. The molecular formula is C24H29N3O4. The molecule has 0 unspecified atom stereocenters. The van der Waals surface area contributed by atoms with Crippen LogP contribution in [0, 0.1) is 6.92 Å². The van der Waals surface area contributed by atoms with E-state index in [0.717, 1.165) is 11.1 Å². The Morgan fingerprint density at radius 3 is 2.32 bits per heavy atom. The summed E-state index contributed by atoms with van der Waals surface area (Å²) in [7, 11) is 0. The third kappa shape index (κ3) is 9.16. The van der Waals surface area contributed by atoms with E-state index in [-0.39, 0.29) is 24.8 Å². The second kappa shape index (κ2) is 11.0. The Labute approximate surface area is 182 Å². The second-order valence-corrected chi connectivity index (χ2v) is 7.99. The molecule has 31 heavy (non-hydrogen) atoms. The lowest BCUT2D eigenvalue weighted by Crippen LogP contribution is -2.34. The monoisotopic (exact) mass is 423 g/mol. The van der Waals surface area contributed by atoms with E-state index in [0.29, 0.717) is 11.4 Å². The zero-order chi connectivity index (χ0) is 22.9. The lowest BCUT2D eigenvalue weighted by Gasteiger charge is -2.19. The summed E-state index contributed by atoms with van der Waals surface area (Å²) in [6.45, 7) is 7.43. The van der Waals surface area contributed by atoms with Gasteiger partial charge in [-0.15, -0.1) is 0 Å². The molecule has 0 aliphatic carbocycles. The van der Waals surface area contributed by atoms with Gasteiger partial charge in [-0.05, 0) is 63.1 Å². The quantitative estimate of drug-likeness (QED) is 0.571. The Hall–Kier alpha value is -3.61. The van der Waals surface area contributed by atoms with Crippen LogP contribution < -0.4 is 16.0 Å². The molecular weight excluding hydrogens is 394 g/mol. The normalized spacial score (nSPS) is 11.1. The zero-order valence-corrected chi connectivity index (χ0v) is 18.3. The van der Waals surface area contributed by atoms with Gasteiger partial charge in [0, 0.05) is 30.4 Å². The molecule has 7 heteroatoms. The molecule has 7 nitrogen and oxygen atoms in total. The Morgan fingerprint density at radius 1 is 0.968 bits per heavy atom. The van der Waals surface area contributed by atoms with Crippen LogP contribution in [0.1, 0.15) is 38.3 Å². The molecule has 0 atom stereocenters. The molecule has 0 spiro atoms. The number of amides is 3. The van der Waals surface area contributed by atoms with Crippen molar-refractivity contribution in [2.24, 2.45) is 0 Å². The van der Waals surface area contributed by atoms with Crippen LogP contribution in [0.3, 0.4) is 0 Å². The summed E-state index contributed by atoms with van der Waals surface area (Å²) in [5.41, 5.74) is 2.56. The highest BCUT2D eigenvalue weighted by Crippen LogP contribution is 2.16. The first-order chi connectivity index (χ1) is 14.6. The van der Waals surface area contributed by atoms with E-state index in [1.54, 1.807) is 51.1 Å². The van der Waals surface area contributed by atoms with Gasteiger partial charge in [0.25, 0.3) is 0 Å². The predicted molar refractivity (Wildman–Crippen MR) is 123 cm³/mol. The summed E-state index contributed by atoms with van der Waals surface area (Å²) >= 11 is 0. The van der Waals surface area contributed by atoms with Gasteiger partial charge in [0.05, 0.1) is 0 Å². The van der Waals surface area contributed by atoms with E-state index in [2.05, 4.69) is 16.0 Å². The number of anilines is 2. The van der Waals surface area contributed by atoms with Gasteiger partial charge in [0.2, 0.25) is 11.8 Å². The fourth-order valence-electron chi connectivity index (χ4n) is 2.61. The fraction of sp³-hybridized carbons (Fsp3) is 0.292. The molecule has 2 aromatic carbocycles. The number of alkyl carbamates (subject to hydrolysis) is 1. The first-order valence-electron chi connectivity index (χ1n) is 10.0. The zero-order valence-electron chi connectivity index (χ0n) is 18.3. The van der Waals surface area contributed by atoms with Crippen molar-refractivity contribution in [2.45, 2.75) is 39.7 Å². The largest absolute Gasteiger partial charge is 0.444 e. The van der Waals surface area contributed by atoms with Crippen LogP contribution in [0.5, 0.6) is 0 Å². The molecule has 2 rings (SSSR count). The van der Waals surface area contributed by atoms with Crippen LogP contribution in [-0.2, 0) is 14.3 Å². The maximum atomic E-state index is 12.2. The Bertz CT molecular complexity index is 961. The van der Waals surface area contributed by atoms with Crippen LogP contribution in [0.15, 0.2) is 54.6 Å². The second-order valence-electron chi connectivity index (χ2n) is 7.99. The number of hydrogen-bond acceptors (Lipinski definition) is 4. The summed E-state index contributed by atoms with van der Waals surface area (Å²) < 4.78 is 5.12. The molecule has 0 aliphatic heterocycles. The van der Waals surface area contributed by atoms with Gasteiger partial charge in [0.1, 0.15) is 5.60 Å². The van der Waals surface area contributed by atoms with Gasteiger partial charge >= 0.3 is 6.09 Å². The molecule has 0 aliphatic rings. The Balaban J connectivity index is 1.83. The van der Waals surface area contributed by atoms with Crippen LogP contribution in [-0.4, -0.2) is 30.1 Å². The molecule has 3 N–H and O–H groups in total. The molecule has 0 bridgehead atoms. The van der Waals surface area contributed by atoms with E-state index >= 15 is 0 Å². The minimum absolute atomic E-state index is 0.0923. The average Bonchev–Trinajstić information content (AvgIpc) is 2.66. The number of rotatable bonds is 7. The van der Waals surface area contributed by atoms with Crippen molar-refractivity contribution in [1.29, 1.82) is 0 Å². The molecule has 0 saturated heterocycles. The van der Waals surface area contributed by atoms with E-state index in [4.69, 9.17) is 4.74 Å². The van der Waals surface area contributed by atoms with Crippen molar-refractivity contribution in [3.8, 4) is 0 Å². The minimum atomic E-state index is -0.591. The van der Waals surface area contributed by atoms with E-state index in [1.165, 1.54) is 6.08 Å². The maximum absolute atomic E-state index is 12.2. The summed E-state index contributed by atoms with van der Waals surface area (Å²) in [5, 5.41) is 8.06. The summed E-state index contributed by atoms with van der Waals surface area (Å²) in [5.74, 6) is -0.535. The van der Waals surface area contributed by atoms with Crippen molar-refractivity contribution in [3.05, 3.63) is 65.7 Å². The van der Waals surface area contributed by atoms with Crippen LogP contribution in [0.25, 0.3) is 6.08 Å². The average molecular weight is 424 g/mol. The topological polar surface area (TPSA) is 96.5 Å². The Morgan fingerprint density at radius 2 is 1.65 bits per heavy atom. The highest BCUT2D eigenvalue weighted by atomic mass is 16.6. The fourth-order valence-corrected chi connectivity index (χ4v) is 2.61. The first kappa shape index (κ1) is 23.7. The number of benzene rings is 2. The molecule has 3 amide bonds. The number of carbonyl (C=O) groups excluding carboxylic acids is 3. The molecule has 0 saturated carbocycles.